The Hall–Kier alpha value is -1.91. The summed E-state index contributed by atoms with van der Waals surface area (Å²) in [4.78, 5) is 24.9. The molecule has 1 aromatic rings. The van der Waals surface area contributed by atoms with E-state index in [0.717, 1.165) is 0 Å². The van der Waals surface area contributed by atoms with Crippen LogP contribution in [0.3, 0.4) is 0 Å². The van der Waals surface area contributed by atoms with E-state index in [0.29, 0.717) is 11.1 Å². The van der Waals surface area contributed by atoms with E-state index in [9.17, 15) is 9.59 Å². The number of nitrogens with zero attached hydrogens (tertiary/aromatic N) is 1. The number of aromatic carboxylic acids is 2. The molecule has 0 spiro atoms. The molecular formula is C9H9NO4. The summed E-state index contributed by atoms with van der Waals surface area (Å²) in [5.74, 6) is -2.44. The molecule has 0 amide bonds. The van der Waals surface area contributed by atoms with Gasteiger partial charge >= 0.3 is 11.9 Å². The summed E-state index contributed by atoms with van der Waals surface area (Å²) in [6, 6.07) is 1.50. The van der Waals surface area contributed by atoms with Gasteiger partial charge in [0.25, 0.3) is 0 Å². The van der Waals surface area contributed by atoms with Crippen LogP contribution in [0.25, 0.3) is 0 Å². The highest BCUT2D eigenvalue weighted by Crippen LogP contribution is 2.12. The number of aryl methyl sites for hydroxylation is 2. The normalized spacial score (nSPS) is 9.86. The van der Waals surface area contributed by atoms with Gasteiger partial charge in [0.05, 0.1) is 0 Å². The molecule has 1 heterocycles. The molecule has 1 aromatic heterocycles. The number of carboxylic acid groups (broad SMARTS) is 2. The summed E-state index contributed by atoms with van der Waals surface area (Å²) in [5.41, 5.74) is 0.487. The van der Waals surface area contributed by atoms with Crippen LogP contribution in [0.4, 0.5) is 0 Å². The fourth-order valence-electron chi connectivity index (χ4n) is 1.18. The summed E-state index contributed by atoms with van der Waals surface area (Å²) >= 11 is 0. The number of rotatable bonds is 2. The molecule has 0 saturated heterocycles. The van der Waals surface area contributed by atoms with Crippen LogP contribution in [0.2, 0.25) is 0 Å². The van der Waals surface area contributed by atoms with E-state index in [-0.39, 0.29) is 11.4 Å². The van der Waals surface area contributed by atoms with Crippen molar-refractivity contribution in [1.29, 1.82) is 0 Å². The minimum Gasteiger partial charge on any atom is -0.477 e. The van der Waals surface area contributed by atoms with E-state index in [2.05, 4.69) is 4.98 Å². The monoisotopic (exact) mass is 195 g/mol. The molecule has 0 atom stereocenters. The van der Waals surface area contributed by atoms with Crippen LogP contribution in [0.1, 0.15) is 32.1 Å². The first-order valence-electron chi connectivity index (χ1n) is 3.88. The third-order valence-electron chi connectivity index (χ3n) is 1.81. The second kappa shape index (κ2) is 3.45. The molecule has 74 valence electrons. The first kappa shape index (κ1) is 10.2. The quantitative estimate of drug-likeness (QED) is 0.737. The second-order valence-electron chi connectivity index (χ2n) is 2.93. The third-order valence-corrected chi connectivity index (χ3v) is 1.81. The maximum atomic E-state index is 10.7. The summed E-state index contributed by atoms with van der Waals surface area (Å²) < 4.78 is 0. The molecule has 1 rings (SSSR count). The van der Waals surface area contributed by atoms with Gasteiger partial charge in [-0.05, 0) is 25.0 Å². The minimum atomic E-state index is -1.22. The molecule has 14 heavy (non-hydrogen) atoms. The van der Waals surface area contributed by atoms with Crippen molar-refractivity contribution in [3.63, 3.8) is 0 Å². The molecular weight excluding hydrogens is 186 g/mol. The lowest BCUT2D eigenvalue weighted by atomic mass is 10.1. The number of pyridine rings is 1. The van der Waals surface area contributed by atoms with Crippen molar-refractivity contribution in [1.82, 2.24) is 4.98 Å². The Balaban J connectivity index is 3.42. The van der Waals surface area contributed by atoms with E-state index in [1.807, 2.05) is 0 Å². The van der Waals surface area contributed by atoms with Crippen LogP contribution in [-0.2, 0) is 0 Å². The number of hydrogen-bond acceptors (Lipinski definition) is 3. The lowest BCUT2D eigenvalue weighted by molar-refractivity contribution is 0.0684. The average molecular weight is 195 g/mol. The molecule has 5 nitrogen and oxygen atoms in total. The zero-order valence-corrected chi connectivity index (χ0v) is 7.74. The van der Waals surface area contributed by atoms with E-state index < -0.39 is 11.9 Å². The molecule has 0 aromatic carbocycles. The Morgan fingerprint density at radius 3 is 1.71 bits per heavy atom. The van der Waals surface area contributed by atoms with Gasteiger partial charge in [-0.25, -0.2) is 14.6 Å². The van der Waals surface area contributed by atoms with E-state index in [1.54, 1.807) is 13.8 Å². The van der Waals surface area contributed by atoms with Crippen LogP contribution in [0, 0.1) is 13.8 Å². The number of carboxylic acids is 2. The number of aromatic nitrogens is 1. The Kier molecular flexibility index (Phi) is 2.51. The molecule has 0 aliphatic heterocycles. The highest BCUT2D eigenvalue weighted by Gasteiger charge is 2.16. The first-order valence-corrected chi connectivity index (χ1v) is 3.88. The predicted octanol–water partition coefficient (Wildman–Crippen LogP) is 1.09. The van der Waals surface area contributed by atoms with Gasteiger partial charge in [-0.3, -0.25) is 0 Å². The van der Waals surface area contributed by atoms with Crippen LogP contribution in [-0.4, -0.2) is 27.1 Å². The Labute approximate surface area is 80.0 Å². The van der Waals surface area contributed by atoms with Crippen LogP contribution in [0.5, 0.6) is 0 Å². The topological polar surface area (TPSA) is 87.5 Å². The van der Waals surface area contributed by atoms with Crippen LogP contribution in [0.15, 0.2) is 6.07 Å². The van der Waals surface area contributed by atoms with Gasteiger partial charge in [0.1, 0.15) is 0 Å². The Bertz CT molecular complexity index is 376. The number of carbonyl (C=O) groups is 2. The van der Waals surface area contributed by atoms with Crippen molar-refractivity contribution >= 4 is 11.9 Å². The van der Waals surface area contributed by atoms with Crippen LogP contribution >= 0.6 is 0 Å². The van der Waals surface area contributed by atoms with E-state index in [1.165, 1.54) is 6.07 Å². The van der Waals surface area contributed by atoms with Gasteiger partial charge in [0.2, 0.25) is 0 Å². The lowest BCUT2D eigenvalue weighted by Gasteiger charge is -2.04. The van der Waals surface area contributed by atoms with Gasteiger partial charge in [-0.2, -0.15) is 0 Å². The zero-order chi connectivity index (χ0) is 10.9. The maximum Gasteiger partial charge on any atom is 0.354 e. The summed E-state index contributed by atoms with van der Waals surface area (Å²) in [7, 11) is 0. The van der Waals surface area contributed by atoms with Crippen molar-refractivity contribution in [3.8, 4) is 0 Å². The molecule has 0 radical (unpaired) electrons. The fraction of sp³-hybridized carbons (Fsp3) is 0.222. The van der Waals surface area contributed by atoms with Gasteiger partial charge < -0.3 is 10.2 Å². The standard InChI is InChI=1S/C9H9NO4/c1-4-3-5(2)7(9(13)14)10-6(4)8(11)12/h3H,1-2H3,(H,11,12)(H,13,14). The van der Waals surface area contributed by atoms with Gasteiger partial charge in [-0.15, -0.1) is 0 Å². The van der Waals surface area contributed by atoms with Crippen molar-refractivity contribution in [2.75, 3.05) is 0 Å². The van der Waals surface area contributed by atoms with Crippen molar-refractivity contribution in [2.24, 2.45) is 0 Å². The summed E-state index contributed by atoms with van der Waals surface area (Å²) in [6.07, 6.45) is 0. The van der Waals surface area contributed by atoms with E-state index >= 15 is 0 Å². The fourth-order valence-corrected chi connectivity index (χ4v) is 1.18. The Morgan fingerprint density at radius 1 is 1.07 bits per heavy atom. The number of hydrogen-bond donors (Lipinski definition) is 2. The SMILES string of the molecule is Cc1cc(C)c(C(=O)O)nc1C(=O)O. The van der Waals surface area contributed by atoms with Crippen LogP contribution < -0.4 is 0 Å². The highest BCUT2D eigenvalue weighted by atomic mass is 16.4. The smallest absolute Gasteiger partial charge is 0.354 e. The molecule has 0 fully saturated rings. The summed E-state index contributed by atoms with van der Waals surface area (Å²) in [6.45, 7) is 3.16. The molecule has 0 aliphatic rings. The van der Waals surface area contributed by atoms with Crippen molar-refractivity contribution in [2.45, 2.75) is 13.8 Å². The van der Waals surface area contributed by atoms with Gasteiger partial charge in [-0.1, -0.05) is 6.07 Å². The minimum absolute atomic E-state index is 0.215. The maximum absolute atomic E-state index is 10.7. The van der Waals surface area contributed by atoms with Crippen molar-refractivity contribution < 1.29 is 19.8 Å². The molecule has 0 saturated carbocycles. The Morgan fingerprint density at radius 2 is 1.43 bits per heavy atom. The largest absolute Gasteiger partial charge is 0.477 e. The average Bonchev–Trinajstić information content (AvgIpc) is 2.02. The van der Waals surface area contributed by atoms with Gasteiger partial charge in [0, 0.05) is 0 Å². The highest BCUT2D eigenvalue weighted by molar-refractivity contribution is 5.91. The molecule has 0 aliphatic carbocycles. The summed E-state index contributed by atoms with van der Waals surface area (Å²) in [5, 5.41) is 17.4. The van der Waals surface area contributed by atoms with Crippen molar-refractivity contribution in [3.05, 3.63) is 28.6 Å². The zero-order valence-electron chi connectivity index (χ0n) is 7.74. The first-order chi connectivity index (χ1) is 6.43. The molecule has 5 heteroatoms. The lowest BCUT2D eigenvalue weighted by Crippen LogP contribution is -2.11. The third kappa shape index (κ3) is 1.71. The molecule has 0 unspecified atom stereocenters. The van der Waals surface area contributed by atoms with Gasteiger partial charge in [0.15, 0.2) is 11.4 Å². The molecule has 2 N–H and O–H groups in total. The van der Waals surface area contributed by atoms with E-state index in [4.69, 9.17) is 10.2 Å². The molecule has 0 bridgehead atoms. The predicted molar refractivity (Wildman–Crippen MR) is 47.6 cm³/mol. The second-order valence-corrected chi connectivity index (χ2v) is 2.93.